The van der Waals surface area contributed by atoms with Crippen LogP contribution in [0.25, 0.3) is 0 Å². The minimum atomic E-state index is 0.702. The van der Waals surface area contributed by atoms with E-state index in [9.17, 15) is 9.59 Å². The smallest absolute Gasteiger partial charge is 0.211 e. The molecule has 2 aromatic rings. The molecular weight excluding hydrogens is 276 g/mol. The van der Waals surface area contributed by atoms with Crippen LogP contribution in [-0.4, -0.2) is 12.2 Å². The molecule has 0 unspecified atom stereocenters. The summed E-state index contributed by atoms with van der Waals surface area (Å²) < 4.78 is 0. The molecule has 4 heteroatoms. The Morgan fingerprint density at radius 1 is 0.682 bits per heavy atom. The van der Waals surface area contributed by atoms with Crippen LogP contribution in [0.3, 0.4) is 0 Å². The van der Waals surface area contributed by atoms with E-state index >= 15 is 0 Å². The van der Waals surface area contributed by atoms with Crippen molar-refractivity contribution in [3.63, 3.8) is 0 Å². The normalized spacial score (nSPS) is 12.7. The largest absolute Gasteiger partial charge is 0.240 e. The Morgan fingerprint density at radius 2 is 1.14 bits per heavy atom. The Kier molecular flexibility index (Phi) is 4.06. The summed E-state index contributed by atoms with van der Waals surface area (Å²) in [5.41, 5.74) is 5.66. The molecule has 108 valence electrons. The van der Waals surface area contributed by atoms with Crippen LogP contribution in [0, 0.1) is 0 Å². The number of carbonyl (C=O) groups excluding carboxylic acids is 2. The average molecular weight is 290 g/mol. The minimum absolute atomic E-state index is 0.702. The molecule has 0 saturated carbocycles. The minimum Gasteiger partial charge on any atom is -0.211 e. The number of isocyanates is 2. The molecule has 0 N–H and O–H groups in total. The monoisotopic (exact) mass is 290 g/mol. The molecule has 22 heavy (non-hydrogen) atoms. The van der Waals surface area contributed by atoms with Gasteiger partial charge in [0, 0.05) is 0 Å². The number of aliphatic imine (C=N–C) groups is 2. The fourth-order valence-corrected chi connectivity index (χ4v) is 2.82. The van der Waals surface area contributed by atoms with Crippen molar-refractivity contribution in [2.75, 3.05) is 0 Å². The van der Waals surface area contributed by atoms with Gasteiger partial charge in [0.2, 0.25) is 12.2 Å². The molecular formula is C18H14N2O2. The van der Waals surface area contributed by atoms with E-state index in [0.29, 0.717) is 11.4 Å². The third-order valence-electron chi connectivity index (χ3n) is 4.00. The van der Waals surface area contributed by atoms with Gasteiger partial charge in [-0.1, -0.05) is 24.3 Å². The standard InChI is InChI=1S/C18H14N2O2/c21-11-19-17-9-13-1-5-15(17)8-4-14-2-6-16(7-3-13)18(10-14)20-12-22/h1-2,5-6,9-10H,3-4,7-8H2. The summed E-state index contributed by atoms with van der Waals surface area (Å²) in [5, 5.41) is 0. The van der Waals surface area contributed by atoms with Crippen molar-refractivity contribution < 1.29 is 9.59 Å². The second-order valence-corrected chi connectivity index (χ2v) is 5.33. The first-order valence-electron chi connectivity index (χ1n) is 7.19. The van der Waals surface area contributed by atoms with Gasteiger partial charge < -0.3 is 0 Å². The molecule has 0 amide bonds. The van der Waals surface area contributed by atoms with Gasteiger partial charge in [-0.25, -0.2) is 9.59 Å². The van der Waals surface area contributed by atoms with Crippen molar-refractivity contribution in [2.24, 2.45) is 9.98 Å². The van der Waals surface area contributed by atoms with Crippen LogP contribution < -0.4 is 0 Å². The molecule has 4 bridgehead atoms. The zero-order valence-corrected chi connectivity index (χ0v) is 12.0. The van der Waals surface area contributed by atoms with Gasteiger partial charge in [0.15, 0.2) is 0 Å². The van der Waals surface area contributed by atoms with Gasteiger partial charge in [0.25, 0.3) is 0 Å². The van der Waals surface area contributed by atoms with Crippen molar-refractivity contribution in [1.82, 2.24) is 0 Å². The summed E-state index contributed by atoms with van der Waals surface area (Å²) >= 11 is 0. The van der Waals surface area contributed by atoms with Gasteiger partial charge in [0.05, 0.1) is 11.4 Å². The first-order chi connectivity index (χ1) is 10.8. The molecule has 4 aliphatic rings. The van der Waals surface area contributed by atoms with Crippen LogP contribution >= 0.6 is 0 Å². The lowest BCUT2D eigenvalue weighted by Crippen LogP contribution is -1.99. The van der Waals surface area contributed by atoms with E-state index in [4.69, 9.17) is 0 Å². The highest BCUT2D eigenvalue weighted by molar-refractivity contribution is 5.58. The zero-order chi connectivity index (χ0) is 15.4. The molecule has 4 nitrogen and oxygen atoms in total. The summed E-state index contributed by atoms with van der Waals surface area (Å²) in [7, 11) is 0. The van der Waals surface area contributed by atoms with Crippen molar-refractivity contribution >= 4 is 23.5 Å². The number of nitrogens with zero attached hydrogens (tertiary/aromatic N) is 2. The van der Waals surface area contributed by atoms with E-state index in [0.717, 1.165) is 47.9 Å². The first kappa shape index (κ1) is 14.2. The van der Waals surface area contributed by atoms with Gasteiger partial charge in [-0.2, -0.15) is 9.98 Å². The van der Waals surface area contributed by atoms with Gasteiger partial charge in [0.1, 0.15) is 0 Å². The van der Waals surface area contributed by atoms with E-state index in [-0.39, 0.29) is 0 Å². The predicted molar refractivity (Wildman–Crippen MR) is 83.3 cm³/mol. The number of hydrogen-bond donors (Lipinski definition) is 0. The Balaban J connectivity index is 2.06. The lowest BCUT2D eigenvalue weighted by Gasteiger charge is -2.12. The van der Waals surface area contributed by atoms with E-state index in [1.165, 1.54) is 0 Å². The van der Waals surface area contributed by atoms with Gasteiger partial charge in [-0.3, -0.25) is 0 Å². The summed E-state index contributed by atoms with van der Waals surface area (Å²) in [6.45, 7) is 0. The van der Waals surface area contributed by atoms with Crippen LogP contribution in [0.1, 0.15) is 22.3 Å². The van der Waals surface area contributed by atoms with Gasteiger partial charge >= 0.3 is 0 Å². The van der Waals surface area contributed by atoms with Crippen molar-refractivity contribution in [2.45, 2.75) is 25.7 Å². The van der Waals surface area contributed by atoms with Crippen LogP contribution in [-0.2, 0) is 35.3 Å². The fraction of sp³-hybridized carbons (Fsp3) is 0.222. The van der Waals surface area contributed by atoms with E-state index in [2.05, 4.69) is 22.1 Å². The highest BCUT2D eigenvalue weighted by Crippen LogP contribution is 2.28. The zero-order valence-electron chi connectivity index (χ0n) is 12.0. The SMILES string of the molecule is O=C=Nc1cc2ccc1CCc1ccc(c(N=C=O)c1)CC2. The fourth-order valence-electron chi connectivity index (χ4n) is 2.82. The van der Waals surface area contributed by atoms with Crippen molar-refractivity contribution in [3.05, 3.63) is 58.7 Å². The number of rotatable bonds is 2. The second kappa shape index (κ2) is 6.31. The van der Waals surface area contributed by atoms with Crippen LogP contribution in [0.15, 0.2) is 46.4 Å². The maximum absolute atomic E-state index is 10.6. The molecule has 0 atom stereocenters. The quantitative estimate of drug-likeness (QED) is 0.627. The van der Waals surface area contributed by atoms with Crippen molar-refractivity contribution in [3.8, 4) is 0 Å². The highest BCUT2D eigenvalue weighted by Gasteiger charge is 2.10. The lowest BCUT2D eigenvalue weighted by atomic mass is 9.94. The van der Waals surface area contributed by atoms with Crippen molar-refractivity contribution in [1.29, 1.82) is 0 Å². The molecule has 0 heterocycles. The summed E-state index contributed by atoms with van der Waals surface area (Å²) in [4.78, 5) is 28.9. The van der Waals surface area contributed by atoms with E-state index < -0.39 is 0 Å². The number of aryl methyl sites for hydroxylation is 4. The number of benzene rings is 2. The maximum atomic E-state index is 10.6. The molecule has 4 aliphatic carbocycles. The first-order valence-corrected chi connectivity index (χ1v) is 7.19. The second-order valence-electron chi connectivity index (χ2n) is 5.33. The predicted octanol–water partition coefficient (Wildman–Crippen LogP) is 3.51. The summed E-state index contributed by atoms with van der Waals surface area (Å²) in [5.74, 6) is 0. The molecule has 6 rings (SSSR count). The molecule has 0 aliphatic heterocycles. The van der Waals surface area contributed by atoms with E-state index in [1.54, 1.807) is 12.2 Å². The Labute approximate surface area is 128 Å². The Bertz CT molecular complexity index is 744. The average Bonchev–Trinajstić information content (AvgIpc) is 2.52. The topological polar surface area (TPSA) is 58.9 Å². The van der Waals surface area contributed by atoms with Crippen LogP contribution in [0.5, 0.6) is 0 Å². The summed E-state index contributed by atoms with van der Waals surface area (Å²) in [6.07, 6.45) is 6.39. The molecule has 2 aromatic carbocycles. The van der Waals surface area contributed by atoms with Gasteiger partial charge in [-0.05, 0) is 60.1 Å². The number of hydrogen-bond acceptors (Lipinski definition) is 4. The lowest BCUT2D eigenvalue weighted by molar-refractivity contribution is 0.564. The maximum Gasteiger partial charge on any atom is 0.240 e. The third-order valence-corrected chi connectivity index (χ3v) is 4.00. The third kappa shape index (κ3) is 2.94. The molecule has 0 fully saturated rings. The van der Waals surface area contributed by atoms with E-state index in [1.807, 2.05) is 24.3 Å². The Hall–Kier alpha value is -2.80. The van der Waals surface area contributed by atoms with Crippen LogP contribution in [0.2, 0.25) is 0 Å². The van der Waals surface area contributed by atoms with Crippen LogP contribution in [0.4, 0.5) is 11.4 Å². The Morgan fingerprint density at radius 3 is 1.55 bits per heavy atom. The highest BCUT2D eigenvalue weighted by atomic mass is 16.1. The van der Waals surface area contributed by atoms with Gasteiger partial charge in [-0.15, -0.1) is 0 Å². The molecule has 0 aromatic heterocycles. The molecule has 0 spiro atoms. The molecule has 0 radical (unpaired) electrons. The molecule has 0 saturated heterocycles. The summed E-state index contributed by atoms with van der Waals surface area (Å²) in [6, 6.07) is 12.1.